The van der Waals surface area contributed by atoms with Gasteiger partial charge in [-0.2, -0.15) is 0 Å². The van der Waals surface area contributed by atoms with E-state index in [1.807, 2.05) is 12.1 Å². The summed E-state index contributed by atoms with van der Waals surface area (Å²) in [5.41, 5.74) is 4.53. The second kappa shape index (κ2) is 6.43. The largest absolute Gasteiger partial charge is 0.484 e. The Bertz CT molecular complexity index is 496. The first-order valence-electron chi connectivity index (χ1n) is 6.51. The number of carbonyl (C=O) groups is 2. The van der Waals surface area contributed by atoms with Crippen molar-refractivity contribution in [3.05, 3.63) is 27.8 Å². The van der Waals surface area contributed by atoms with E-state index >= 15 is 0 Å². The molecule has 0 spiro atoms. The van der Waals surface area contributed by atoms with Crippen LogP contribution in [0, 0.1) is 3.57 Å². The van der Waals surface area contributed by atoms with Gasteiger partial charge in [0.05, 0.1) is 0 Å². The Kier molecular flexibility index (Phi) is 4.85. The van der Waals surface area contributed by atoms with Gasteiger partial charge >= 0.3 is 0 Å². The number of ether oxygens (including phenoxy) is 1. The molecule has 0 atom stereocenters. The van der Waals surface area contributed by atoms with Gasteiger partial charge in [0, 0.05) is 3.57 Å². The smallest absolute Gasteiger partial charge is 0.258 e. The van der Waals surface area contributed by atoms with E-state index in [1.165, 1.54) is 0 Å². The third-order valence-corrected chi connectivity index (χ3v) is 4.21. The van der Waals surface area contributed by atoms with Crippen molar-refractivity contribution in [3.8, 4) is 5.75 Å². The van der Waals surface area contributed by atoms with Crippen molar-refractivity contribution < 1.29 is 14.3 Å². The highest BCUT2D eigenvalue weighted by molar-refractivity contribution is 14.1. The number of benzene rings is 1. The number of nitrogens with one attached hydrogen (secondary N) is 1. The molecule has 1 saturated carbocycles. The van der Waals surface area contributed by atoms with Crippen molar-refractivity contribution in [2.75, 3.05) is 6.61 Å². The first-order valence-corrected chi connectivity index (χ1v) is 7.59. The molecule has 1 aromatic rings. The second-order valence-electron chi connectivity index (χ2n) is 4.94. The van der Waals surface area contributed by atoms with Crippen molar-refractivity contribution in [2.45, 2.75) is 31.2 Å². The Morgan fingerprint density at radius 3 is 2.40 bits per heavy atom. The molecule has 0 saturated heterocycles. The maximum Gasteiger partial charge on any atom is 0.258 e. The number of amides is 2. The zero-order valence-electron chi connectivity index (χ0n) is 11.0. The first-order chi connectivity index (χ1) is 9.52. The van der Waals surface area contributed by atoms with Gasteiger partial charge < -0.3 is 15.8 Å². The van der Waals surface area contributed by atoms with E-state index in [1.54, 1.807) is 12.1 Å². The van der Waals surface area contributed by atoms with Crippen LogP contribution in [-0.2, 0) is 9.59 Å². The fourth-order valence-electron chi connectivity index (χ4n) is 2.39. The first kappa shape index (κ1) is 15.1. The molecule has 1 aliphatic rings. The Labute approximate surface area is 131 Å². The second-order valence-corrected chi connectivity index (χ2v) is 6.19. The molecular weight excluding hydrogens is 371 g/mol. The molecular formula is C14H17IN2O3. The van der Waals surface area contributed by atoms with Crippen molar-refractivity contribution >= 4 is 34.4 Å². The topological polar surface area (TPSA) is 81.4 Å². The highest BCUT2D eigenvalue weighted by Crippen LogP contribution is 2.29. The minimum absolute atomic E-state index is 0.115. The van der Waals surface area contributed by atoms with E-state index in [4.69, 9.17) is 10.5 Å². The average Bonchev–Trinajstić information content (AvgIpc) is 2.88. The summed E-state index contributed by atoms with van der Waals surface area (Å²) in [6, 6.07) is 7.40. The maximum absolute atomic E-state index is 11.9. The average molecular weight is 388 g/mol. The summed E-state index contributed by atoms with van der Waals surface area (Å²) in [5.74, 6) is -0.151. The van der Waals surface area contributed by atoms with Crippen LogP contribution in [0.2, 0.25) is 0 Å². The van der Waals surface area contributed by atoms with Gasteiger partial charge in [0.1, 0.15) is 11.3 Å². The van der Waals surface area contributed by atoms with Crippen molar-refractivity contribution in [1.29, 1.82) is 0 Å². The van der Waals surface area contributed by atoms with Gasteiger partial charge in [0.2, 0.25) is 5.91 Å². The van der Waals surface area contributed by atoms with Gasteiger partial charge in [-0.25, -0.2) is 0 Å². The van der Waals surface area contributed by atoms with E-state index < -0.39 is 11.4 Å². The summed E-state index contributed by atoms with van der Waals surface area (Å²) in [6.07, 6.45) is 3.03. The molecule has 1 aliphatic carbocycles. The SMILES string of the molecule is NC(=O)C1(NC(=O)COc2ccc(I)cc2)CCCC1. The summed E-state index contributed by atoms with van der Waals surface area (Å²) >= 11 is 2.19. The number of hydrogen-bond donors (Lipinski definition) is 2. The van der Waals surface area contributed by atoms with Crippen LogP contribution < -0.4 is 15.8 Å². The molecule has 0 bridgehead atoms. The zero-order valence-corrected chi connectivity index (χ0v) is 13.2. The highest BCUT2D eigenvalue weighted by atomic mass is 127. The number of carbonyl (C=O) groups excluding carboxylic acids is 2. The van der Waals surface area contributed by atoms with Gasteiger partial charge in [0.25, 0.3) is 5.91 Å². The number of nitrogens with two attached hydrogens (primary N) is 1. The summed E-state index contributed by atoms with van der Waals surface area (Å²) in [4.78, 5) is 23.4. The minimum atomic E-state index is -0.882. The van der Waals surface area contributed by atoms with Crippen LogP contribution in [0.1, 0.15) is 25.7 Å². The van der Waals surface area contributed by atoms with Crippen LogP contribution in [0.4, 0.5) is 0 Å². The number of rotatable bonds is 5. The molecule has 6 heteroatoms. The fourth-order valence-corrected chi connectivity index (χ4v) is 2.75. The number of hydrogen-bond acceptors (Lipinski definition) is 3. The summed E-state index contributed by atoms with van der Waals surface area (Å²) < 4.78 is 6.49. The molecule has 5 nitrogen and oxygen atoms in total. The molecule has 0 aliphatic heterocycles. The normalized spacial score (nSPS) is 16.6. The highest BCUT2D eigenvalue weighted by Gasteiger charge is 2.40. The molecule has 2 amide bonds. The predicted molar refractivity (Wildman–Crippen MR) is 83.2 cm³/mol. The molecule has 20 heavy (non-hydrogen) atoms. The van der Waals surface area contributed by atoms with Crippen molar-refractivity contribution in [2.24, 2.45) is 5.73 Å². The lowest BCUT2D eigenvalue weighted by Crippen LogP contribution is -2.56. The molecule has 0 radical (unpaired) electrons. The molecule has 1 fully saturated rings. The molecule has 0 heterocycles. The van der Waals surface area contributed by atoms with Gasteiger partial charge in [-0.3, -0.25) is 9.59 Å². The third kappa shape index (κ3) is 3.62. The van der Waals surface area contributed by atoms with Crippen molar-refractivity contribution in [1.82, 2.24) is 5.32 Å². The molecule has 2 rings (SSSR count). The van der Waals surface area contributed by atoms with Gasteiger partial charge in [0.15, 0.2) is 6.61 Å². The Morgan fingerprint density at radius 2 is 1.85 bits per heavy atom. The van der Waals surface area contributed by atoms with Gasteiger partial charge in [-0.1, -0.05) is 12.8 Å². The Hall–Kier alpha value is -1.31. The van der Waals surface area contributed by atoms with E-state index in [0.29, 0.717) is 18.6 Å². The van der Waals surface area contributed by atoms with E-state index in [0.717, 1.165) is 16.4 Å². The molecule has 0 aromatic heterocycles. The lowest BCUT2D eigenvalue weighted by Gasteiger charge is -2.26. The van der Waals surface area contributed by atoms with Crippen molar-refractivity contribution in [3.63, 3.8) is 0 Å². The van der Waals surface area contributed by atoms with E-state index in [9.17, 15) is 9.59 Å². The monoisotopic (exact) mass is 388 g/mol. The molecule has 3 N–H and O–H groups in total. The lowest BCUT2D eigenvalue weighted by molar-refractivity contribution is -0.132. The fraction of sp³-hybridized carbons (Fsp3) is 0.429. The van der Waals surface area contributed by atoms with Gasteiger partial charge in [-0.15, -0.1) is 0 Å². The summed E-state index contributed by atoms with van der Waals surface area (Å²) in [6.45, 7) is -0.115. The van der Waals surface area contributed by atoms with Crippen LogP contribution in [0.3, 0.4) is 0 Å². The quantitative estimate of drug-likeness (QED) is 0.752. The Morgan fingerprint density at radius 1 is 1.25 bits per heavy atom. The van der Waals surface area contributed by atoms with Crippen LogP contribution in [-0.4, -0.2) is 24.0 Å². The Balaban J connectivity index is 1.89. The minimum Gasteiger partial charge on any atom is -0.484 e. The summed E-state index contributed by atoms with van der Waals surface area (Å²) in [7, 11) is 0. The van der Waals surface area contributed by atoms with Crippen LogP contribution in [0.15, 0.2) is 24.3 Å². The number of halogens is 1. The maximum atomic E-state index is 11.9. The van der Waals surface area contributed by atoms with E-state index in [2.05, 4.69) is 27.9 Å². The zero-order chi connectivity index (χ0) is 14.6. The molecule has 1 aromatic carbocycles. The van der Waals surface area contributed by atoms with Crippen LogP contribution in [0.5, 0.6) is 5.75 Å². The molecule has 0 unspecified atom stereocenters. The number of primary amides is 1. The third-order valence-electron chi connectivity index (χ3n) is 3.49. The standard InChI is InChI=1S/C14H17IN2O3/c15-10-3-5-11(6-4-10)20-9-12(18)17-14(13(16)19)7-1-2-8-14/h3-6H,1-2,7-9H2,(H2,16,19)(H,17,18). The van der Waals surface area contributed by atoms with Crippen LogP contribution in [0.25, 0.3) is 0 Å². The lowest BCUT2D eigenvalue weighted by atomic mass is 9.97. The van der Waals surface area contributed by atoms with Crippen LogP contribution >= 0.6 is 22.6 Å². The van der Waals surface area contributed by atoms with Gasteiger partial charge in [-0.05, 0) is 59.7 Å². The molecule has 108 valence electrons. The summed E-state index contributed by atoms with van der Waals surface area (Å²) in [5, 5.41) is 2.73. The predicted octanol–water partition coefficient (Wildman–Crippen LogP) is 1.58. The van der Waals surface area contributed by atoms with E-state index in [-0.39, 0.29) is 12.5 Å².